The molecule has 0 fully saturated rings. The van der Waals surface area contributed by atoms with Crippen molar-refractivity contribution in [2.24, 2.45) is 0 Å². The van der Waals surface area contributed by atoms with E-state index in [2.05, 4.69) is 5.32 Å². The minimum absolute atomic E-state index is 0.103. The molecule has 0 saturated heterocycles. The fourth-order valence-electron chi connectivity index (χ4n) is 2.66. The van der Waals surface area contributed by atoms with Gasteiger partial charge in [0, 0.05) is 5.69 Å². The Labute approximate surface area is 147 Å². The van der Waals surface area contributed by atoms with Gasteiger partial charge >= 0.3 is 0 Å². The molecule has 1 N–H and O–H groups in total. The first-order chi connectivity index (χ1) is 11.6. The Hall–Kier alpha value is -2.41. The lowest BCUT2D eigenvalue weighted by Crippen LogP contribution is -2.45. The van der Waals surface area contributed by atoms with Crippen molar-refractivity contribution < 1.29 is 17.6 Å². The van der Waals surface area contributed by atoms with Crippen LogP contribution in [-0.4, -0.2) is 26.6 Å². The van der Waals surface area contributed by atoms with E-state index in [1.807, 2.05) is 32.0 Å². The van der Waals surface area contributed by atoms with Crippen LogP contribution in [0, 0.1) is 19.7 Å². The highest BCUT2D eigenvalue weighted by atomic mass is 32.2. The van der Waals surface area contributed by atoms with Crippen molar-refractivity contribution in [2.75, 3.05) is 15.9 Å². The van der Waals surface area contributed by atoms with E-state index >= 15 is 0 Å². The van der Waals surface area contributed by atoms with Crippen LogP contribution in [0.15, 0.2) is 42.5 Å². The van der Waals surface area contributed by atoms with Gasteiger partial charge < -0.3 is 5.32 Å². The molecule has 5 nitrogen and oxygen atoms in total. The molecule has 0 saturated carbocycles. The van der Waals surface area contributed by atoms with Crippen LogP contribution in [0.2, 0.25) is 0 Å². The second-order valence-electron chi connectivity index (χ2n) is 5.97. The van der Waals surface area contributed by atoms with E-state index < -0.39 is 27.8 Å². The number of aryl methyl sites for hydroxylation is 2. The number of hydrogen-bond donors (Lipinski definition) is 1. The van der Waals surface area contributed by atoms with Crippen molar-refractivity contribution in [3.05, 3.63) is 59.4 Å². The Morgan fingerprint density at radius 1 is 1.12 bits per heavy atom. The third kappa shape index (κ3) is 4.36. The van der Waals surface area contributed by atoms with Crippen LogP contribution in [0.25, 0.3) is 0 Å². The van der Waals surface area contributed by atoms with E-state index in [-0.39, 0.29) is 5.69 Å². The highest BCUT2D eigenvalue weighted by molar-refractivity contribution is 7.92. The number of nitrogens with one attached hydrogen (secondary N) is 1. The Kier molecular flexibility index (Phi) is 5.47. The molecule has 1 amide bonds. The Bertz CT molecular complexity index is 877. The summed E-state index contributed by atoms with van der Waals surface area (Å²) in [5, 5.41) is 2.78. The molecule has 0 aliphatic carbocycles. The Morgan fingerprint density at radius 3 is 2.20 bits per heavy atom. The van der Waals surface area contributed by atoms with Gasteiger partial charge in [0.1, 0.15) is 11.9 Å². The molecule has 0 bridgehead atoms. The third-order valence-electron chi connectivity index (χ3n) is 3.88. The van der Waals surface area contributed by atoms with Gasteiger partial charge in [0.15, 0.2) is 0 Å². The van der Waals surface area contributed by atoms with E-state index in [1.165, 1.54) is 25.1 Å². The number of hydrogen-bond acceptors (Lipinski definition) is 3. The first-order valence-corrected chi connectivity index (χ1v) is 9.58. The molecule has 0 aromatic heterocycles. The van der Waals surface area contributed by atoms with Crippen LogP contribution in [0.3, 0.4) is 0 Å². The van der Waals surface area contributed by atoms with Gasteiger partial charge in [-0.2, -0.15) is 0 Å². The average Bonchev–Trinajstić information content (AvgIpc) is 2.49. The van der Waals surface area contributed by atoms with Gasteiger partial charge in [-0.1, -0.05) is 24.3 Å². The number of para-hydroxylation sites is 1. The monoisotopic (exact) mass is 364 g/mol. The van der Waals surface area contributed by atoms with Crippen LogP contribution in [0.1, 0.15) is 18.1 Å². The summed E-state index contributed by atoms with van der Waals surface area (Å²) in [7, 11) is -3.79. The fraction of sp³-hybridized carbons (Fsp3) is 0.278. The summed E-state index contributed by atoms with van der Waals surface area (Å²) in [5.74, 6) is -1.07. The van der Waals surface area contributed by atoms with Crippen LogP contribution in [0.4, 0.5) is 15.8 Å². The molecule has 0 aliphatic rings. The number of rotatable bonds is 5. The smallest absolute Gasteiger partial charge is 0.248 e. The standard InChI is InChI=1S/C18H21FN2O3S/c1-12-7-5-8-13(2)17(12)20-18(22)14(3)21(25(4,23)24)16-10-6-9-15(19)11-16/h5-11,14H,1-4H3,(H,20,22)/t14-/m0/s1. The molecule has 2 rings (SSSR count). The molecule has 0 spiro atoms. The molecule has 25 heavy (non-hydrogen) atoms. The predicted molar refractivity (Wildman–Crippen MR) is 97.7 cm³/mol. The van der Waals surface area contributed by atoms with Gasteiger partial charge in [0.2, 0.25) is 15.9 Å². The van der Waals surface area contributed by atoms with Crippen LogP contribution < -0.4 is 9.62 Å². The van der Waals surface area contributed by atoms with E-state index in [0.717, 1.165) is 27.8 Å². The summed E-state index contributed by atoms with van der Waals surface area (Å²) in [4.78, 5) is 12.7. The number of benzene rings is 2. The molecule has 7 heteroatoms. The molecule has 134 valence electrons. The number of halogens is 1. The maximum atomic E-state index is 13.5. The summed E-state index contributed by atoms with van der Waals surface area (Å²) >= 11 is 0. The van der Waals surface area contributed by atoms with E-state index in [0.29, 0.717) is 5.69 Å². The largest absolute Gasteiger partial charge is 0.324 e. The minimum Gasteiger partial charge on any atom is -0.324 e. The van der Waals surface area contributed by atoms with E-state index in [1.54, 1.807) is 0 Å². The summed E-state index contributed by atoms with van der Waals surface area (Å²) in [5.41, 5.74) is 2.49. The Morgan fingerprint density at radius 2 is 1.68 bits per heavy atom. The molecular weight excluding hydrogens is 343 g/mol. The summed E-state index contributed by atoms with van der Waals surface area (Å²) in [6.45, 7) is 5.18. The van der Waals surface area contributed by atoms with E-state index in [9.17, 15) is 17.6 Å². The van der Waals surface area contributed by atoms with Crippen molar-refractivity contribution in [2.45, 2.75) is 26.8 Å². The lowest BCUT2D eigenvalue weighted by molar-refractivity contribution is -0.116. The minimum atomic E-state index is -3.79. The van der Waals surface area contributed by atoms with Crippen molar-refractivity contribution >= 4 is 27.3 Å². The zero-order chi connectivity index (χ0) is 18.8. The molecule has 2 aromatic rings. The topological polar surface area (TPSA) is 66.5 Å². The lowest BCUT2D eigenvalue weighted by Gasteiger charge is -2.28. The summed E-state index contributed by atoms with van der Waals surface area (Å²) < 4.78 is 38.8. The molecule has 0 heterocycles. The molecule has 0 radical (unpaired) electrons. The van der Waals surface area contributed by atoms with Crippen molar-refractivity contribution in [3.8, 4) is 0 Å². The van der Waals surface area contributed by atoms with Gasteiger partial charge in [-0.3, -0.25) is 9.10 Å². The van der Waals surface area contributed by atoms with Gasteiger partial charge in [-0.25, -0.2) is 12.8 Å². The number of carbonyl (C=O) groups excluding carboxylic acids is 1. The fourth-order valence-corrected chi connectivity index (χ4v) is 3.83. The van der Waals surface area contributed by atoms with Crippen LogP contribution >= 0.6 is 0 Å². The van der Waals surface area contributed by atoms with Crippen molar-refractivity contribution in [1.82, 2.24) is 0 Å². The maximum absolute atomic E-state index is 13.5. The normalized spacial score (nSPS) is 12.5. The first kappa shape index (κ1) is 18.9. The second kappa shape index (κ2) is 7.23. The first-order valence-electron chi connectivity index (χ1n) is 7.73. The zero-order valence-electron chi connectivity index (χ0n) is 14.6. The van der Waals surface area contributed by atoms with Gasteiger partial charge in [-0.05, 0) is 50.1 Å². The summed E-state index contributed by atoms with van der Waals surface area (Å²) in [6, 6.07) is 9.69. The number of nitrogens with zero attached hydrogens (tertiary/aromatic N) is 1. The predicted octanol–water partition coefficient (Wildman–Crippen LogP) is 3.24. The van der Waals surface area contributed by atoms with Gasteiger partial charge in [0.25, 0.3) is 0 Å². The number of amides is 1. The highest BCUT2D eigenvalue weighted by Gasteiger charge is 2.29. The lowest BCUT2D eigenvalue weighted by atomic mass is 10.1. The molecule has 0 unspecified atom stereocenters. The average molecular weight is 364 g/mol. The maximum Gasteiger partial charge on any atom is 0.248 e. The number of carbonyl (C=O) groups is 1. The third-order valence-corrected chi connectivity index (χ3v) is 5.12. The zero-order valence-corrected chi connectivity index (χ0v) is 15.4. The Balaban J connectivity index is 2.37. The van der Waals surface area contributed by atoms with Crippen molar-refractivity contribution in [1.29, 1.82) is 0 Å². The van der Waals surface area contributed by atoms with Crippen LogP contribution in [0.5, 0.6) is 0 Å². The quantitative estimate of drug-likeness (QED) is 0.886. The van der Waals surface area contributed by atoms with Crippen LogP contribution in [-0.2, 0) is 14.8 Å². The summed E-state index contributed by atoms with van der Waals surface area (Å²) in [6.07, 6.45) is 0.987. The SMILES string of the molecule is Cc1cccc(C)c1NC(=O)[C@H](C)N(c1cccc(F)c1)S(C)(=O)=O. The molecule has 2 aromatic carbocycles. The molecule has 1 atom stereocenters. The van der Waals surface area contributed by atoms with Gasteiger partial charge in [0.05, 0.1) is 11.9 Å². The van der Waals surface area contributed by atoms with E-state index in [4.69, 9.17) is 0 Å². The van der Waals surface area contributed by atoms with Crippen molar-refractivity contribution in [3.63, 3.8) is 0 Å². The molecular formula is C18H21FN2O3S. The number of sulfonamides is 1. The molecule has 0 aliphatic heterocycles. The second-order valence-corrected chi connectivity index (χ2v) is 7.83. The highest BCUT2D eigenvalue weighted by Crippen LogP contribution is 2.24. The van der Waals surface area contributed by atoms with Gasteiger partial charge in [-0.15, -0.1) is 0 Å². The number of anilines is 2.